The lowest BCUT2D eigenvalue weighted by atomic mass is 10.1. The van der Waals surface area contributed by atoms with Gasteiger partial charge in [-0.25, -0.2) is 0 Å². The first-order valence-electron chi connectivity index (χ1n) is 7.09. The van der Waals surface area contributed by atoms with Gasteiger partial charge in [-0.3, -0.25) is 4.90 Å². The van der Waals surface area contributed by atoms with Crippen molar-refractivity contribution < 1.29 is 4.74 Å². The number of benzene rings is 2. The van der Waals surface area contributed by atoms with Crippen LogP contribution in [0.25, 0.3) is 0 Å². The Morgan fingerprint density at radius 2 is 1.81 bits per heavy atom. The Kier molecular flexibility index (Phi) is 4.69. The van der Waals surface area contributed by atoms with Gasteiger partial charge >= 0.3 is 0 Å². The van der Waals surface area contributed by atoms with E-state index in [0.717, 1.165) is 12.1 Å². The average molecular weight is 322 g/mol. The molecule has 0 aromatic heterocycles. The molecule has 0 unspecified atom stereocenters. The molecule has 21 heavy (non-hydrogen) atoms. The van der Waals surface area contributed by atoms with E-state index >= 15 is 0 Å². The molecule has 3 rings (SSSR count). The maximum Gasteiger partial charge on any atom is 0.138 e. The number of hydrogen-bond acceptors (Lipinski definition) is 2. The molecule has 2 aromatic carbocycles. The largest absolute Gasteiger partial charge is 0.487 e. The third kappa shape index (κ3) is 3.91. The number of likely N-dealkylation sites (tertiary alicyclic amines) is 1. The summed E-state index contributed by atoms with van der Waals surface area (Å²) in [5, 5.41) is 1.16. The molecule has 2 nitrogen and oxygen atoms in total. The third-order valence-electron chi connectivity index (χ3n) is 3.63. The van der Waals surface area contributed by atoms with Gasteiger partial charge in [0.1, 0.15) is 12.4 Å². The summed E-state index contributed by atoms with van der Waals surface area (Å²) in [5.41, 5.74) is 2.48. The lowest BCUT2D eigenvalue weighted by Gasteiger charge is -2.30. The van der Waals surface area contributed by atoms with E-state index in [0.29, 0.717) is 22.4 Å². The van der Waals surface area contributed by atoms with Crippen LogP contribution in [-0.4, -0.2) is 18.0 Å². The lowest BCUT2D eigenvalue weighted by Crippen LogP contribution is -2.36. The first-order valence-corrected chi connectivity index (χ1v) is 7.84. The first-order chi connectivity index (χ1) is 10.2. The minimum atomic E-state index is 0.509. The van der Waals surface area contributed by atoms with Gasteiger partial charge in [-0.05, 0) is 48.8 Å². The van der Waals surface area contributed by atoms with Crippen molar-refractivity contribution in [3.63, 3.8) is 0 Å². The zero-order chi connectivity index (χ0) is 14.7. The Morgan fingerprint density at radius 3 is 2.52 bits per heavy atom. The summed E-state index contributed by atoms with van der Waals surface area (Å²) in [6.07, 6.45) is 1.32. The highest BCUT2D eigenvalue weighted by Gasteiger charge is 2.13. The maximum atomic E-state index is 6.11. The molecule has 1 fully saturated rings. The molecule has 110 valence electrons. The van der Waals surface area contributed by atoms with Gasteiger partial charge in [-0.1, -0.05) is 47.5 Å². The second-order valence-electron chi connectivity index (χ2n) is 5.31. The van der Waals surface area contributed by atoms with E-state index in [4.69, 9.17) is 27.9 Å². The van der Waals surface area contributed by atoms with Crippen LogP contribution >= 0.6 is 23.2 Å². The lowest BCUT2D eigenvalue weighted by molar-refractivity contribution is 0.172. The summed E-state index contributed by atoms with van der Waals surface area (Å²) in [5.74, 6) is 0.661. The Morgan fingerprint density at radius 1 is 1.00 bits per heavy atom. The zero-order valence-electron chi connectivity index (χ0n) is 11.7. The molecular weight excluding hydrogens is 305 g/mol. The van der Waals surface area contributed by atoms with Crippen LogP contribution < -0.4 is 4.74 Å². The Balaban J connectivity index is 1.62. The highest BCUT2D eigenvalue weighted by Crippen LogP contribution is 2.28. The summed E-state index contributed by atoms with van der Waals surface area (Å²) in [6, 6.07) is 13.8. The Bertz CT molecular complexity index is 626. The van der Waals surface area contributed by atoms with Crippen LogP contribution in [-0.2, 0) is 13.2 Å². The monoisotopic (exact) mass is 321 g/mol. The number of ether oxygens (including phenoxy) is 1. The molecular formula is C17H17Cl2NO. The second kappa shape index (κ2) is 6.69. The van der Waals surface area contributed by atoms with Gasteiger partial charge in [-0.2, -0.15) is 0 Å². The molecule has 2 aromatic rings. The molecule has 0 N–H and O–H groups in total. The number of halogens is 2. The van der Waals surface area contributed by atoms with Gasteiger partial charge in [0, 0.05) is 11.6 Å². The van der Waals surface area contributed by atoms with Gasteiger partial charge in [0.25, 0.3) is 0 Å². The van der Waals surface area contributed by atoms with Gasteiger partial charge in [0.2, 0.25) is 0 Å². The molecule has 0 bridgehead atoms. The molecule has 4 heteroatoms. The quantitative estimate of drug-likeness (QED) is 0.785. The van der Waals surface area contributed by atoms with Crippen molar-refractivity contribution in [1.29, 1.82) is 0 Å². The molecule has 0 atom stereocenters. The normalized spacial score (nSPS) is 14.8. The Hall–Kier alpha value is -1.22. The summed E-state index contributed by atoms with van der Waals surface area (Å²) >= 11 is 12.0. The van der Waals surface area contributed by atoms with Gasteiger partial charge < -0.3 is 4.74 Å². The van der Waals surface area contributed by atoms with Crippen LogP contribution in [0, 0.1) is 0 Å². The van der Waals surface area contributed by atoms with Crippen molar-refractivity contribution in [2.45, 2.75) is 19.6 Å². The second-order valence-corrected chi connectivity index (χ2v) is 6.16. The number of nitrogens with zero attached hydrogens (tertiary/aromatic N) is 1. The summed E-state index contributed by atoms with van der Waals surface area (Å²) < 4.78 is 5.77. The van der Waals surface area contributed by atoms with Crippen LogP contribution in [0.2, 0.25) is 10.0 Å². The van der Waals surface area contributed by atoms with E-state index in [9.17, 15) is 0 Å². The molecule has 0 amide bonds. The molecule has 1 aliphatic heterocycles. The van der Waals surface area contributed by atoms with E-state index in [2.05, 4.69) is 29.2 Å². The van der Waals surface area contributed by atoms with Gasteiger partial charge in [0.15, 0.2) is 0 Å². The number of rotatable bonds is 5. The topological polar surface area (TPSA) is 12.5 Å². The fourth-order valence-electron chi connectivity index (χ4n) is 2.37. The summed E-state index contributed by atoms with van der Waals surface area (Å²) in [4.78, 5) is 2.44. The predicted octanol–water partition coefficient (Wildman–Crippen LogP) is 4.78. The van der Waals surface area contributed by atoms with Crippen LogP contribution in [0.3, 0.4) is 0 Å². The van der Waals surface area contributed by atoms with Crippen molar-refractivity contribution in [3.8, 4) is 5.75 Å². The molecule has 0 radical (unpaired) electrons. The SMILES string of the molecule is Clc1ccc(OCc2cccc(CN3CCC3)c2)c(Cl)c1. The summed E-state index contributed by atoms with van der Waals surface area (Å²) in [6.45, 7) is 3.95. The van der Waals surface area contributed by atoms with E-state index in [-0.39, 0.29) is 0 Å². The summed E-state index contributed by atoms with van der Waals surface area (Å²) in [7, 11) is 0. The molecule has 0 aliphatic carbocycles. The molecule has 1 heterocycles. The van der Waals surface area contributed by atoms with Crippen LogP contribution in [0.5, 0.6) is 5.75 Å². The highest BCUT2D eigenvalue weighted by molar-refractivity contribution is 6.35. The van der Waals surface area contributed by atoms with Crippen molar-refractivity contribution in [2.24, 2.45) is 0 Å². The number of hydrogen-bond donors (Lipinski definition) is 0. The van der Waals surface area contributed by atoms with Crippen molar-refractivity contribution in [2.75, 3.05) is 13.1 Å². The first kappa shape index (κ1) is 14.7. The third-order valence-corrected chi connectivity index (χ3v) is 4.16. The van der Waals surface area contributed by atoms with Crippen molar-refractivity contribution >= 4 is 23.2 Å². The Labute approximate surface area is 135 Å². The van der Waals surface area contributed by atoms with E-state index in [1.54, 1.807) is 18.2 Å². The molecule has 1 aliphatic rings. The van der Waals surface area contributed by atoms with E-state index in [1.165, 1.54) is 25.1 Å². The van der Waals surface area contributed by atoms with Gasteiger partial charge in [0.05, 0.1) is 5.02 Å². The van der Waals surface area contributed by atoms with Crippen LogP contribution in [0.1, 0.15) is 17.5 Å². The molecule has 0 spiro atoms. The minimum absolute atomic E-state index is 0.509. The zero-order valence-corrected chi connectivity index (χ0v) is 13.2. The minimum Gasteiger partial charge on any atom is -0.487 e. The van der Waals surface area contributed by atoms with Crippen LogP contribution in [0.15, 0.2) is 42.5 Å². The standard InChI is InChI=1S/C17H17Cl2NO/c18-15-5-6-17(16(19)10-15)21-12-14-4-1-3-13(9-14)11-20-7-2-8-20/h1,3-6,9-10H,2,7-8,11-12H2. The van der Waals surface area contributed by atoms with Crippen LogP contribution in [0.4, 0.5) is 0 Å². The van der Waals surface area contributed by atoms with E-state index < -0.39 is 0 Å². The smallest absolute Gasteiger partial charge is 0.138 e. The van der Waals surface area contributed by atoms with Crippen molar-refractivity contribution in [3.05, 3.63) is 63.6 Å². The molecule has 1 saturated heterocycles. The van der Waals surface area contributed by atoms with E-state index in [1.807, 2.05) is 0 Å². The average Bonchev–Trinajstić information content (AvgIpc) is 2.42. The highest BCUT2D eigenvalue weighted by atomic mass is 35.5. The predicted molar refractivity (Wildman–Crippen MR) is 87.1 cm³/mol. The fourth-order valence-corrected chi connectivity index (χ4v) is 2.83. The van der Waals surface area contributed by atoms with Gasteiger partial charge in [-0.15, -0.1) is 0 Å². The molecule has 0 saturated carbocycles. The fraction of sp³-hybridized carbons (Fsp3) is 0.294. The maximum absolute atomic E-state index is 6.11. The van der Waals surface area contributed by atoms with Crippen molar-refractivity contribution in [1.82, 2.24) is 4.90 Å².